The summed E-state index contributed by atoms with van der Waals surface area (Å²) in [6, 6.07) is 19.7. The van der Waals surface area contributed by atoms with Crippen LogP contribution in [-0.4, -0.2) is 51.3 Å². The highest BCUT2D eigenvalue weighted by Crippen LogP contribution is 2.23. The summed E-state index contributed by atoms with van der Waals surface area (Å²) in [5.41, 5.74) is 2.06. The smallest absolute Gasteiger partial charge is 0.251 e. The minimum atomic E-state index is -3.66. The Morgan fingerprint density at radius 2 is 1.57 bits per heavy atom. The number of hydrogen-bond donors (Lipinski definition) is 3. The summed E-state index contributed by atoms with van der Waals surface area (Å²) in [6.07, 6.45) is 1.43. The van der Waals surface area contributed by atoms with E-state index in [1.807, 2.05) is 36.4 Å². The van der Waals surface area contributed by atoms with E-state index < -0.39 is 33.9 Å². The highest BCUT2D eigenvalue weighted by molar-refractivity contribution is 7.92. The number of aliphatic hydroxyl groups excluding tert-OH is 1. The van der Waals surface area contributed by atoms with E-state index in [1.54, 1.807) is 25.1 Å². The number of carbonyl (C=O) groups excluding carboxylic acids is 2. The Kier molecular flexibility index (Phi) is 9.31. The molecule has 2 amide bonds. The van der Waals surface area contributed by atoms with Crippen molar-refractivity contribution in [3.05, 3.63) is 100 Å². The van der Waals surface area contributed by atoms with Gasteiger partial charge in [0.2, 0.25) is 10.0 Å². The predicted molar refractivity (Wildman–Crippen MR) is 146 cm³/mol. The zero-order chi connectivity index (χ0) is 27.2. The van der Waals surface area contributed by atoms with Gasteiger partial charge in [-0.3, -0.25) is 13.9 Å². The van der Waals surface area contributed by atoms with Gasteiger partial charge in [0.15, 0.2) is 0 Å². The van der Waals surface area contributed by atoms with Crippen molar-refractivity contribution in [1.29, 1.82) is 0 Å². The molecule has 0 heterocycles. The third kappa shape index (κ3) is 7.79. The first kappa shape index (κ1) is 28.2. The largest absolute Gasteiger partial charge is 0.394 e. The van der Waals surface area contributed by atoms with E-state index >= 15 is 0 Å². The molecule has 0 bridgehead atoms. The monoisotopic (exact) mass is 543 g/mol. The Morgan fingerprint density at radius 1 is 0.946 bits per heavy atom. The normalized spacial score (nSPS) is 12.9. The molecule has 2 atom stereocenters. The SMILES string of the molecule is C[C@@H](NC(=O)c1cc(C(=O)N[C@H](CO)Cc2ccccc2)cc(N(C)S(C)(=O)=O)c1)c1cccc(Cl)c1. The maximum atomic E-state index is 13.1. The molecule has 0 unspecified atom stereocenters. The number of amides is 2. The summed E-state index contributed by atoms with van der Waals surface area (Å²) in [5.74, 6) is -1.04. The molecule has 0 radical (unpaired) electrons. The van der Waals surface area contributed by atoms with Crippen molar-refractivity contribution in [2.75, 3.05) is 24.2 Å². The zero-order valence-corrected chi connectivity index (χ0v) is 22.4. The average Bonchev–Trinajstić information content (AvgIpc) is 2.87. The van der Waals surface area contributed by atoms with Crippen LogP contribution in [0.2, 0.25) is 5.02 Å². The third-order valence-electron chi connectivity index (χ3n) is 5.88. The van der Waals surface area contributed by atoms with Crippen LogP contribution in [0.15, 0.2) is 72.8 Å². The molecule has 0 aliphatic carbocycles. The molecule has 0 spiro atoms. The van der Waals surface area contributed by atoms with Gasteiger partial charge in [-0.2, -0.15) is 0 Å². The maximum absolute atomic E-state index is 13.1. The van der Waals surface area contributed by atoms with Crippen molar-refractivity contribution in [2.45, 2.75) is 25.4 Å². The average molecular weight is 544 g/mol. The van der Waals surface area contributed by atoms with Gasteiger partial charge < -0.3 is 15.7 Å². The van der Waals surface area contributed by atoms with Crippen molar-refractivity contribution in [3.8, 4) is 0 Å². The lowest BCUT2D eigenvalue weighted by Gasteiger charge is -2.21. The van der Waals surface area contributed by atoms with Crippen molar-refractivity contribution in [2.24, 2.45) is 0 Å². The number of benzene rings is 3. The van der Waals surface area contributed by atoms with Gasteiger partial charge in [0.05, 0.1) is 30.6 Å². The fourth-order valence-corrected chi connectivity index (χ4v) is 4.40. The Bertz CT molecular complexity index is 1370. The van der Waals surface area contributed by atoms with Crippen LogP contribution >= 0.6 is 11.6 Å². The number of aliphatic hydroxyl groups is 1. The number of sulfonamides is 1. The molecular weight excluding hydrogens is 514 g/mol. The van der Waals surface area contributed by atoms with Gasteiger partial charge in [-0.15, -0.1) is 0 Å². The fraction of sp³-hybridized carbons (Fsp3) is 0.259. The van der Waals surface area contributed by atoms with Crippen LogP contribution in [0.25, 0.3) is 0 Å². The summed E-state index contributed by atoms with van der Waals surface area (Å²) < 4.78 is 25.4. The number of nitrogens with one attached hydrogen (secondary N) is 2. The molecular formula is C27H30ClN3O5S. The molecule has 0 aliphatic rings. The molecule has 196 valence electrons. The highest BCUT2D eigenvalue weighted by Gasteiger charge is 2.21. The lowest BCUT2D eigenvalue weighted by atomic mass is 10.0. The zero-order valence-electron chi connectivity index (χ0n) is 20.8. The van der Waals surface area contributed by atoms with Crippen molar-refractivity contribution in [3.63, 3.8) is 0 Å². The van der Waals surface area contributed by atoms with Crippen LogP contribution < -0.4 is 14.9 Å². The molecule has 3 aromatic rings. The standard InChI is InChI=1S/C27H30ClN3O5S/c1-18(20-10-7-11-23(28)14-20)29-26(33)21-13-22(16-25(15-21)31(2)37(3,35)36)27(34)30-24(17-32)12-19-8-5-4-6-9-19/h4-11,13-16,18,24,32H,12,17H2,1-3H3,(H,29,33)(H,30,34)/t18-,24+/m1/s1. The molecule has 0 aromatic heterocycles. The lowest BCUT2D eigenvalue weighted by molar-refractivity contribution is 0.0916. The van der Waals surface area contributed by atoms with Gasteiger partial charge in [0.25, 0.3) is 11.8 Å². The van der Waals surface area contributed by atoms with Crippen LogP contribution in [0.5, 0.6) is 0 Å². The van der Waals surface area contributed by atoms with Crippen LogP contribution in [-0.2, 0) is 16.4 Å². The first-order chi connectivity index (χ1) is 17.5. The van der Waals surface area contributed by atoms with Gasteiger partial charge >= 0.3 is 0 Å². The summed E-state index contributed by atoms with van der Waals surface area (Å²) in [5, 5.41) is 16.0. The van der Waals surface area contributed by atoms with Gasteiger partial charge in [0.1, 0.15) is 0 Å². The Hall–Kier alpha value is -3.40. The van der Waals surface area contributed by atoms with Crippen LogP contribution in [0, 0.1) is 0 Å². The molecule has 0 saturated carbocycles. The molecule has 0 aliphatic heterocycles. The number of halogens is 1. The quantitative estimate of drug-likeness (QED) is 0.361. The molecule has 0 saturated heterocycles. The molecule has 8 nitrogen and oxygen atoms in total. The third-order valence-corrected chi connectivity index (χ3v) is 7.32. The van der Waals surface area contributed by atoms with E-state index in [0.717, 1.165) is 21.7 Å². The van der Waals surface area contributed by atoms with E-state index in [0.29, 0.717) is 11.4 Å². The number of carbonyl (C=O) groups is 2. The van der Waals surface area contributed by atoms with Gasteiger partial charge in [-0.05, 0) is 54.8 Å². The fourth-order valence-electron chi connectivity index (χ4n) is 3.71. The van der Waals surface area contributed by atoms with Crippen LogP contribution in [0.1, 0.15) is 44.8 Å². The Morgan fingerprint density at radius 3 is 2.14 bits per heavy atom. The summed E-state index contributed by atoms with van der Waals surface area (Å²) in [7, 11) is -2.32. The molecule has 0 fully saturated rings. The van der Waals surface area contributed by atoms with Crippen molar-refractivity contribution in [1.82, 2.24) is 10.6 Å². The van der Waals surface area contributed by atoms with Gasteiger partial charge in [-0.25, -0.2) is 8.42 Å². The van der Waals surface area contributed by atoms with E-state index in [4.69, 9.17) is 11.6 Å². The lowest BCUT2D eigenvalue weighted by Crippen LogP contribution is -2.39. The first-order valence-corrected chi connectivity index (χ1v) is 13.8. The Balaban J connectivity index is 1.89. The minimum absolute atomic E-state index is 0.0834. The topological polar surface area (TPSA) is 116 Å². The van der Waals surface area contributed by atoms with E-state index in [1.165, 1.54) is 25.2 Å². The van der Waals surface area contributed by atoms with Gasteiger partial charge in [0, 0.05) is 23.2 Å². The second-order valence-corrected chi connectivity index (χ2v) is 11.2. The first-order valence-electron chi connectivity index (χ1n) is 11.6. The molecule has 3 aromatic carbocycles. The van der Waals surface area contributed by atoms with Crippen LogP contribution in [0.3, 0.4) is 0 Å². The van der Waals surface area contributed by atoms with E-state index in [-0.39, 0.29) is 23.4 Å². The van der Waals surface area contributed by atoms with E-state index in [2.05, 4.69) is 10.6 Å². The number of nitrogens with zero attached hydrogens (tertiary/aromatic N) is 1. The molecule has 37 heavy (non-hydrogen) atoms. The summed E-state index contributed by atoms with van der Waals surface area (Å²) >= 11 is 6.06. The predicted octanol–water partition coefficient (Wildman–Crippen LogP) is 3.56. The summed E-state index contributed by atoms with van der Waals surface area (Å²) in [6.45, 7) is 1.49. The second-order valence-electron chi connectivity index (χ2n) is 8.79. The van der Waals surface area contributed by atoms with Gasteiger partial charge in [-0.1, -0.05) is 54.1 Å². The number of anilines is 1. The van der Waals surface area contributed by atoms with Crippen molar-refractivity contribution < 1.29 is 23.1 Å². The second kappa shape index (κ2) is 12.2. The van der Waals surface area contributed by atoms with E-state index in [9.17, 15) is 23.1 Å². The number of hydrogen-bond acceptors (Lipinski definition) is 5. The highest BCUT2D eigenvalue weighted by atomic mass is 35.5. The molecule has 3 rings (SSSR count). The van der Waals surface area contributed by atoms with Crippen LogP contribution in [0.4, 0.5) is 5.69 Å². The van der Waals surface area contributed by atoms with Crippen molar-refractivity contribution >= 4 is 39.1 Å². The Labute approximate surface area is 222 Å². The number of rotatable bonds is 10. The maximum Gasteiger partial charge on any atom is 0.251 e. The summed E-state index contributed by atoms with van der Waals surface area (Å²) in [4.78, 5) is 26.3. The minimum Gasteiger partial charge on any atom is -0.394 e. The molecule has 3 N–H and O–H groups in total. The molecule has 10 heteroatoms.